The molecule has 1 amide bonds. The van der Waals surface area contributed by atoms with Crippen molar-refractivity contribution in [1.29, 1.82) is 0 Å². The van der Waals surface area contributed by atoms with E-state index < -0.39 is 0 Å². The minimum absolute atomic E-state index is 0.0206. The summed E-state index contributed by atoms with van der Waals surface area (Å²) in [6.45, 7) is 4.73. The number of ether oxygens (including phenoxy) is 2. The van der Waals surface area contributed by atoms with E-state index >= 15 is 0 Å². The second-order valence-electron chi connectivity index (χ2n) is 4.74. The van der Waals surface area contributed by atoms with E-state index in [4.69, 9.17) is 9.47 Å². The molecule has 0 saturated carbocycles. The molecule has 1 aliphatic rings. The fourth-order valence-corrected chi connectivity index (χ4v) is 2.30. The van der Waals surface area contributed by atoms with E-state index in [0.717, 1.165) is 6.42 Å². The van der Waals surface area contributed by atoms with Crippen LogP contribution in [0, 0.1) is 0 Å². The first-order valence-corrected chi connectivity index (χ1v) is 6.73. The molecule has 0 saturated heterocycles. The number of aliphatic imine (C=N–C) groups is 1. The zero-order valence-electron chi connectivity index (χ0n) is 12.3. The summed E-state index contributed by atoms with van der Waals surface area (Å²) in [5.41, 5.74) is 1.18. The normalized spacial score (nSPS) is 17.7. The van der Waals surface area contributed by atoms with Crippen LogP contribution in [0.15, 0.2) is 17.1 Å². The highest BCUT2D eigenvalue weighted by Crippen LogP contribution is 2.36. The molecule has 1 heterocycles. The van der Waals surface area contributed by atoms with Crippen molar-refractivity contribution < 1.29 is 14.3 Å². The Kier molecular flexibility index (Phi) is 4.27. The second-order valence-corrected chi connectivity index (χ2v) is 4.74. The van der Waals surface area contributed by atoms with Gasteiger partial charge in [0.15, 0.2) is 11.5 Å². The molecule has 5 heteroatoms. The molecular formula is C15H20N2O3. The summed E-state index contributed by atoms with van der Waals surface area (Å²) >= 11 is 0. The number of methoxy groups -OCH3 is 2. The fourth-order valence-electron chi connectivity index (χ4n) is 2.30. The van der Waals surface area contributed by atoms with Gasteiger partial charge in [0.05, 0.1) is 31.5 Å². The SMILES string of the molecule is CCCN1C(=O)c2cc(OC)c(OC)cc2N=CC1C. The van der Waals surface area contributed by atoms with E-state index in [9.17, 15) is 4.79 Å². The molecule has 0 spiro atoms. The lowest BCUT2D eigenvalue weighted by Gasteiger charge is -2.25. The lowest BCUT2D eigenvalue weighted by molar-refractivity contribution is 0.0740. The fraction of sp³-hybridized carbons (Fsp3) is 0.467. The third kappa shape index (κ3) is 2.48. The number of hydrogen-bond acceptors (Lipinski definition) is 4. The van der Waals surface area contributed by atoms with Gasteiger partial charge in [-0.3, -0.25) is 9.79 Å². The van der Waals surface area contributed by atoms with E-state index in [1.807, 2.05) is 11.8 Å². The maximum atomic E-state index is 12.7. The minimum atomic E-state index is -0.0214. The van der Waals surface area contributed by atoms with E-state index in [-0.39, 0.29) is 11.9 Å². The Labute approximate surface area is 119 Å². The van der Waals surface area contributed by atoms with Gasteiger partial charge >= 0.3 is 0 Å². The molecule has 0 bridgehead atoms. The van der Waals surface area contributed by atoms with Crippen LogP contribution in [0.2, 0.25) is 0 Å². The minimum Gasteiger partial charge on any atom is -0.493 e. The quantitative estimate of drug-likeness (QED) is 0.849. The van der Waals surface area contributed by atoms with Crippen LogP contribution in [0.5, 0.6) is 11.5 Å². The van der Waals surface area contributed by atoms with Gasteiger partial charge in [-0.25, -0.2) is 0 Å². The van der Waals surface area contributed by atoms with Gasteiger partial charge < -0.3 is 14.4 Å². The summed E-state index contributed by atoms with van der Waals surface area (Å²) in [6.07, 6.45) is 2.71. The van der Waals surface area contributed by atoms with Crippen molar-refractivity contribution in [3.8, 4) is 11.5 Å². The van der Waals surface area contributed by atoms with Crippen LogP contribution >= 0.6 is 0 Å². The molecule has 0 radical (unpaired) electrons. The van der Waals surface area contributed by atoms with E-state index in [1.165, 1.54) is 0 Å². The zero-order valence-corrected chi connectivity index (χ0v) is 12.3. The molecule has 1 aliphatic heterocycles. The van der Waals surface area contributed by atoms with Crippen molar-refractivity contribution in [2.75, 3.05) is 20.8 Å². The lowest BCUT2D eigenvalue weighted by Crippen LogP contribution is -2.39. The third-order valence-corrected chi connectivity index (χ3v) is 3.38. The smallest absolute Gasteiger partial charge is 0.256 e. The molecule has 1 aromatic carbocycles. The Bertz CT molecular complexity index is 540. The highest BCUT2D eigenvalue weighted by molar-refractivity contribution is 6.03. The second kappa shape index (κ2) is 5.94. The Morgan fingerprint density at radius 2 is 1.90 bits per heavy atom. The van der Waals surface area contributed by atoms with Crippen LogP contribution in [-0.4, -0.2) is 43.8 Å². The van der Waals surface area contributed by atoms with Crippen molar-refractivity contribution in [1.82, 2.24) is 4.90 Å². The van der Waals surface area contributed by atoms with Gasteiger partial charge in [-0.2, -0.15) is 0 Å². The van der Waals surface area contributed by atoms with Crippen molar-refractivity contribution in [3.63, 3.8) is 0 Å². The molecule has 0 fully saturated rings. The van der Waals surface area contributed by atoms with Crippen molar-refractivity contribution in [3.05, 3.63) is 17.7 Å². The molecule has 1 unspecified atom stereocenters. The maximum Gasteiger partial charge on any atom is 0.256 e. The van der Waals surface area contributed by atoms with Crippen molar-refractivity contribution in [2.24, 2.45) is 4.99 Å². The van der Waals surface area contributed by atoms with E-state index in [0.29, 0.717) is 29.3 Å². The molecule has 108 valence electrons. The number of carbonyl (C=O) groups is 1. The van der Waals surface area contributed by atoms with Crippen LogP contribution in [-0.2, 0) is 0 Å². The summed E-state index contributed by atoms with van der Waals surface area (Å²) in [6, 6.07) is 3.42. The number of carbonyl (C=O) groups excluding carboxylic acids is 1. The van der Waals surface area contributed by atoms with E-state index in [2.05, 4.69) is 11.9 Å². The topological polar surface area (TPSA) is 51.1 Å². The zero-order chi connectivity index (χ0) is 14.7. The van der Waals surface area contributed by atoms with Crippen LogP contribution in [0.3, 0.4) is 0 Å². The van der Waals surface area contributed by atoms with Gasteiger partial charge in [-0.05, 0) is 19.4 Å². The first kappa shape index (κ1) is 14.4. The Hall–Kier alpha value is -2.04. The summed E-state index contributed by atoms with van der Waals surface area (Å²) in [7, 11) is 3.12. The van der Waals surface area contributed by atoms with Gasteiger partial charge in [0.1, 0.15) is 0 Å². The average Bonchev–Trinajstić information content (AvgIpc) is 2.58. The third-order valence-electron chi connectivity index (χ3n) is 3.38. The Morgan fingerprint density at radius 3 is 2.50 bits per heavy atom. The first-order valence-electron chi connectivity index (χ1n) is 6.73. The summed E-state index contributed by atoms with van der Waals surface area (Å²) < 4.78 is 10.5. The number of fused-ring (bicyclic) bond motifs is 1. The number of rotatable bonds is 4. The molecular weight excluding hydrogens is 256 g/mol. The predicted molar refractivity (Wildman–Crippen MR) is 78.5 cm³/mol. The van der Waals surface area contributed by atoms with Gasteiger partial charge in [0.25, 0.3) is 5.91 Å². The standard InChI is InChI=1S/C15H20N2O3/c1-5-6-17-10(2)9-16-12-8-14(20-4)13(19-3)7-11(12)15(17)18/h7-10H,5-6H2,1-4H3. The van der Waals surface area contributed by atoms with E-state index in [1.54, 1.807) is 32.6 Å². The number of hydrogen-bond donors (Lipinski definition) is 0. The first-order chi connectivity index (χ1) is 9.62. The molecule has 0 aromatic heterocycles. The molecule has 0 N–H and O–H groups in total. The molecule has 1 aromatic rings. The van der Waals surface area contributed by atoms with Crippen LogP contribution in [0.4, 0.5) is 5.69 Å². The molecule has 1 atom stereocenters. The van der Waals surface area contributed by atoms with Gasteiger partial charge in [0.2, 0.25) is 0 Å². The van der Waals surface area contributed by atoms with Crippen molar-refractivity contribution >= 4 is 17.8 Å². The van der Waals surface area contributed by atoms with Crippen molar-refractivity contribution in [2.45, 2.75) is 26.3 Å². The van der Waals surface area contributed by atoms with Gasteiger partial charge in [-0.15, -0.1) is 0 Å². The number of benzene rings is 1. The van der Waals surface area contributed by atoms with Crippen LogP contribution in [0.1, 0.15) is 30.6 Å². The highest BCUT2D eigenvalue weighted by atomic mass is 16.5. The van der Waals surface area contributed by atoms with Crippen LogP contribution in [0.25, 0.3) is 0 Å². The summed E-state index contributed by atoms with van der Waals surface area (Å²) in [4.78, 5) is 18.9. The molecule has 20 heavy (non-hydrogen) atoms. The predicted octanol–water partition coefficient (Wildman–Crippen LogP) is 2.66. The Balaban J connectivity index is 2.52. The number of nitrogens with zero attached hydrogens (tertiary/aromatic N) is 2. The Morgan fingerprint density at radius 1 is 1.25 bits per heavy atom. The highest BCUT2D eigenvalue weighted by Gasteiger charge is 2.26. The van der Waals surface area contributed by atoms with Gasteiger partial charge in [0, 0.05) is 18.8 Å². The maximum absolute atomic E-state index is 12.7. The lowest BCUT2D eigenvalue weighted by atomic mass is 10.1. The van der Waals surface area contributed by atoms with Crippen LogP contribution < -0.4 is 9.47 Å². The molecule has 5 nitrogen and oxygen atoms in total. The number of amides is 1. The summed E-state index contributed by atoms with van der Waals surface area (Å²) in [5, 5.41) is 0. The van der Waals surface area contributed by atoms with Gasteiger partial charge in [-0.1, -0.05) is 6.92 Å². The monoisotopic (exact) mass is 276 g/mol. The largest absolute Gasteiger partial charge is 0.493 e. The molecule has 2 rings (SSSR count). The molecule has 0 aliphatic carbocycles. The summed E-state index contributed by atoms with van der Waals surface area (Å²) in [5.74, 6) is 1.10. The average molecular weight is 276 g/mol.